The maximum Gasteiger partial charge on any atom is 0.213 e. The van der Waals surface area contributed by atoms with Crippen molar-refractivity contribution in [1.82, 2.24) is 10.3 Å². The van der Waals surface area contributed by atoms with E-state index in [1.807, 2.05) is 13.0 Å². The Balaban J connectivity index is 2.34. The number of pyridine rings is 1. The topological polar surface area (TPSA) is 52.6 Å². The highest BCUT2D eigenvalue weighted by atomic mass is 16.5. The van der Waals surface area contributed by atoms with E-state index in [2.05, 4.69) is 23.3 Å². The molecule has 0 aromatic carbocycles. The van der Waals surface area contributed by atoms with Crippen LogP contribution in [0.1, 0.15) is 18.2 Å². The van der Waals surface area contributed by atoms with Gasteiger partial charge >= 0.3 is 0 Å². The largest absolute Gasteiger partial charge is 0.475 e. The molecule has 0 aliphatic carbocycles. The van der Waals surface area contributed by atoms with E-state index in [0.29, 0.717) is 32.3 Å². The molecule has 0 spiro atoms. The molecule has 0 saturated heterocycles. The number of nitrogens with zero attached hydrogens (tertiary/aromatic N) is 1. The van der Waals surface area contributed by atoms with Crippen molar-refractivity contribution in [3.05, 3.63) is 23.4 Å². The molecule has 1 aromatic heterocycles. The molecule has 0 aliphatic rings. The van der Waals surface area contributed by atoms with Crippen LogP contribution < -0.4 is 10.1 Å². The molecular formula is C14H24N2O3. The molecule has 0 radical (unpaired) electrons. The normalized spacial score (nSPS) is 10.7. The summed E-state index contributed by atoms with van der Waals surface area (Å²) in [6.07, 6.45) is 0. The van der Waals surface area contributed by atoms with Crippen LogP contribution in [0.5, 0.6) is 5.88 Å². The van der Waals surface area contributed by atoms with Gasteiger partial charge in [-0.25, -0.2) is 4.98 Å². The summed E-state index contributed by atoms with van der Waals surface area (Å²) in [6, 6.07) is 4.02. The van der Waals surface area contributed by atoms with Crippen molar-refractivity contribution >= 4 is 0 Å². The standard InChI is InChI=1S/C14H24N2O3/c1-4-15-11-13-9-12(2)16-14(10-13)19-8-7-18-6-5-17-3/h9-10,15H,4-8,11H2,1-3H3. The first-order valence-corrected chi connectivity index (χ1v) is 6.64. The summed E-state index contributed by atoms with van der Waals surface area (Å²) in [7, 11) is 1.66. The number of hydrogen-bond donors (Lipinski definition) is 1. The summed E-state index contributed by atoms with van der Waals surface area (Å²) >= 11 is 0. The van der Waals surface area contributed by atoms with Crippen LogP contribution in [0.3, 0.4) is 0 Å². The van der Waals surface area contributed by atoms with Crippen molar-refractivity contribution in [1.29, 1.82) is 0 Å². The molecule has 0 amide bonds. The fourth-order valence-electron chi connectivity index (χ4n) is 1.60. The molecule has 19 heavy (non-hydrogen) atoms. The Kier molecular flexibility index (Phi) is 8.13. The van der Waals surface area contributed by atoms with Crippen LogP contribution in [0.15, 0.2) is 12.1 Å². The summed E-state index contributed by atoms with van der Waals surface area (Å²) in [5.74, 6) is 0.656. The number of hydrogen-bond acceptors (Lipinski definition) is 5. The number of methoxy groups -OCH3 is 1. The Morgan fingerprint density at radius 2 is 1.95 bits per heavy atom. The molecule has 1 rings (SSSR count). The monoisotopic (exact) mass is 268 g/mol. The Bertz CT molecular complexity index is 359. The lowest BCUT2D eigenvalue weighted by Gasteiger charge is -2.09. The van der Waals surface area contributed by atoms with Crippen LogP contribution in [0.25, 0.3) is 0 Å². The first-order chi connectivity index (χ1) is 9.26. The molecule has 5 heteroatoms. The lowest BCUT2D eigenvalue weighted by molar-refractivity contribution is 0.0536. The van der Waals surface area contributed by atoms with E-state index in [4.69, 9.17) is 14.2 Å². The van der Waals surface area contributed by atoms with Crippen molar-refractivity contribution in [2.24, 2.45) is 0 Å². The molecule has 0 unspecified atom stereocenters. The summed E-state index contributed by atoms with van der Waals surface area (Å²) in [4.78, 5) is 4.35. The highest BCUT2D eigenvalue weighted by Crippen LogP contribution is 2.12. The van der Waals surface area contributed by atoms with E-state index in [9.17, 15) is 0 Å². The van der Waals surface area contributed by atoms with E-state index in [-0.39, 0.29) is 0 Å². The van der Waals surface area contributed by atoms with Crippen molar-refractivity contribution in [3.63, 3.8) is 0 Å². The molecule has 1 N–H and O–H groups in total. The molecule has 0 fully saturated rings. The van der Waals surface area contributed by atoms with Crippen molar-refractivity contribution in [2.75, 3.05) is 40.1 Å². The predicted molar refractivity (Wildman–Crippen MR) is 74.5 cm³/mol. The lowest BCUT2D eigenvalue weighted by Crippen LogP contribution is -2.13. The van der Waals surface area contributed by atoms with E-state index in [1.54, 1.807) is 7.11 Å². The number of rotatable bonds is 10. The van der Waals surface area contributed by atoms with Gasteiger partial charge in [0.1, 0.15) is 6.61 Å². The van der Waals surface area contributed by atoms with E-state index >= 15 is 0 Å². The molecule has 0 bridgehead atoms. The molecule has 0 atom stereocenters. The molecule has 1 heterocycles. The Morgan fingerprint density at radius 3 is 2.68 bits per heavy atom. The molecule has 5 nitrogen and oxygen atoms in total. The first kappa shape index (κ1) is 15.9. The SMILES string of the molecule is CCNCc1cc(C)nc(OCCOCCOC)c1. The van der Waals surface area contributed by atoms with E-state index < -0.39 is 0 Å². The van der Waals surface area contributed by atoms with E-state index in [0.717, 1.165) is 18.8 Å². The number of ether oxygens (including phenoxy) is 3. The fourth-order valence-corrected chi connectivity index (χ4v) is 1.60. The molecular weight excluding hydrogens is 244 g/mol. The van der Waals surface area contributed by atoms with Gasteiger partial charge in [0.2, 0.25) is 5.88 Å². The Hall–Kier alpha value is -1.17. The quantitative estimate of drug-likeness (QED) is 0.652. The van der Waals surface area contributed by atoms with Gasteiger partial charge in [-0.05, 0) is 25.1 Å². The van der Waals surface area contributed by atoms with Gasteiger partial charge in [-0.2, -0.15) is 0 Å². The summed E-state index contributed by atoms with van der Waals surface area (Å²) in [5, 5.41) is 3.29. The van der Waals surface area contributed by atoms with E-state index in [1.165, 1.54) is 5.56 Å². The highest BCUT2D eigenvalue weighted by molar-refractivity contribution is 5.24. The van der Waals surface area contributed by atoms with Crippen molar-refractivity contribution in [3.8, 4) is 5.88 Å². The number of aryl methyl sites for hydroxylation is 1. The third kappa shape index (κ3) is 7.10. The average Bonchev–Trinajstić information content (AvgIpc) is 2.40. The van der Waals surface area contributed by atoms with Crippen LogP contribution in [-0.2, 0) is 16.0 Å². The molecule has 108 valence electrons. The number of nitrogens with one attached hydrogen (secondary N) is 1. The molecule has 1 aromatic rings. The van der Waals surface area contributed by atoms with Crippen LogP contribution in [0.4, 0.5) is 0 Å². The number of aromatic nitrogens is 1. The first-order valence-electron chi connectivity index (χ1n) is 6.64. The van der Waals surface area contributed by atoms with Gasteiger partial charge in [-0.15, -0.1) is 0 Å². The minimum absolute atomic E-state index is 0.501. The minimum Gasteiger partial charge on any atom is -0.475 e. The second-order valence-electron chi connectivity index (χ2n) is 4.19. The maximum absolute atomic E-state index is 5.58. The van der Waals surface area contributed by atoms with Crippen LogP contribution in [-0.4, -0.2) is 45.1 Å². The summed E-state index contributed by atoms with van der Waals surface area (Å²) < 4.78 is 15.8. The summed E-state index contributed by atoms with van der Waals surface area (Å²) in [6.45, 7) is 8.08. The second kappa shape index (κ2) is 9.72. The van der Waals surface area contributed by atoms with Gasteiger partial charge in [-0.3, -0.25) is 0 Å². The Morgan fingerprint density at radius 1 is 1.16 bits per heavy atom. The van der Waals surface area contributed by atoms with Crippen LogP contribution in [0.2, 0.25) is 0 Å². The predicted octanol–water partition coefficient (Wildman–Crippen LogP) is 1.54. The van der Waals surface area contributed by atoms with Crippen molar-refractivity contribution in [2.45, 2.75) is 20.4 Å². The van der Waals surface area contributed by atoms with Crippen LogP contribution >= 0.6 is 0 Å². The maximum atomic E-state index is 5.58. The smallest absolute Gasteiger partial charge is 0.213 e. The zero-order valence-corrected chi connectivity index (χ0v) is 12.1. The van der Waals surface area contributed by atoms with Gasteiger partial charge < -0.3 is 19.5 Å². The molecule has 0 aliphatic heterocycles. The summed E-state index contributed by atoms with van der Waals surface area (Å²) in [5.41, 5.74) is 2.15. The fraction of sp³-hybridized carbons (Fsp3) is 0.643. The molecule has 0 saturated carbocycles. The van der Waals surface area contributed by atoms with Gasteiger partial charge in [0, 0.05) is 25.4 Å². The minimum atomic E-state index is 0.501. The van der Waals surface area contributed by atoms with Gasteiger partial charge in [0.25, 0.3) is 0 Å². The zero-order chi connectivity index (χ0) is 13.9. The Labute approximate surface area is 115 Å². The second-order valence-corrected chi connectivity index (χ2v) is 4.19. The van der Waals surface area contributed by atoms with Gasteiger partial charge in [0.05, 0.1) is 19.8 Å². The van der Waals surface area contributed by atoms with Crippen molar-refractivity contribution < 1.29 is 14.2 Å². The van der Waals surface area contributed by atoms with Crippen LogP contribution in [0, 0.1) is 6.92 Å². The highest BCUT2D eigenvalue weighted by Gasteiger charge is 2.01. The van der Waals surface area contributed by atoms with Gasteiger partial charge in [0.15, 0.2) is 0 Å². The zero-order valence-electron chi connectivity index (χ0n) is 12.1. The average molecular weight is 268 g/mol. The third-order valence-corrected chi connectivity index (χ3v) is 2.48. The van der Waals surface area contributed by atoms with Gasteiger partial charge in [-0.1, -0.05) is 6.92 Å². The third-order valence-electron chi connectivity index (χ3n) is 2.48. The lowest BCUT2D eigenvalue weighted by atomic mass is 10.2.